The number of oxazole rings is 1. The molecule has 0 amide bonds. The Balaban J connectivity index is 2.05. The van der Waals surface area contributed by atoms with Crippen LogP contribution >= 0.6 is 11.6 Å². The van der Waals surface area contributed by atoms with Gasteiger partial charge in [0.25, 0.3) is 0 Å². The third-order valence-electron chi connectivity index (χ3n) is 3.11. The summed E-state index contributed by atoms with van der Waals surface area (Å²) in [6.07, 6.45) is 1.42. The molecule has 3 rings (SSSR count). The highest BCUT2D eigenvalue weighted by atomic mass is 35.5. The van der Waals surface area contributed by atoms with Gasteiger partial charge in [-0.3, -0.25) is 0 Å². The molecule has 0 unspecified atom stereocenters. The third-order valence-corrected chi connectivity index (χ3v) is 3.37. The first kappa shape index (κ1) is 14.4. The van der Waals surface area contributed by atoms with Crippen LogP contribution < -0.4 is 5.11 Å². The van der Waals surface area contributed by atoms with Gasteiger partial charge in [-0.2, -0.15) is 0 Å². The summed E-state index contributed by atoms with van der Waals surface area (Å²) in [6.45, 7) is 0. The minimum Gasteiger partial charge on any atom is -0.550 e. The fraction of sp³-hybridized carbons (Fsp3) is 0.0588. The third kappa shape index (κ3) is 3.18. The molecule has 0 bridgehead atoms. The van der Waals surface area contributed by atoms with Crippen molar-refractivity contribution in [2.75, 3.05) is 0 Å². The molecule has 0 aliphatic carbocycles. The number of nitrogens with zero attached hydrogens (tertiary/aromatic N) is 1. The van der Waals surface area contributed by atoms with E-state index in [0.717, 1.165) is 5.56 Å². The van der Waals surface area contributed by atoms with Crippen LogP contribution in [-0.2, 0) is 4.79 Å². The smallest absolute Gasteiger partial charge is 0.223 e. The van der Waals surface area contributed by atoms with Gasteiger partial charge in [0.15, 0.2) is 5.58 Å². The number of aliphatic carboxylic acids is 1. The summed E-state index contributed by atoms with van der Waals surface area (Å²) in [6, 6.07) is 14.3. The standard InChI is InChI=1S/C17H12ClNO3/c18-13-7-5-11(6-8-13)9-12(10-16(20)21)17-19-14-3-1-2-4-15(14)22-17/h1-9H,10H2,(H,20,21)/p-1/b12-9+. The van der Waals surface area contributed by atoms with Gasteiger partial charge in [0.1, 0.15) is 5.52 Å². The Morgan fingerprint density at radius 1 is 1.18 bits per heavy atom. The summed E-state index contributed by atoms with van der Waals surface area (Å²) in [5.74, 6) is -0.914. The molecular formula is C17H11ClNO3-. The number of carboxylic acid groups (broad SMARTS) is 1. The van der Waals surface area contributed by atoms with Crippen LogP contribution in [-0.4, -0.2) is 11.0 Å². The number of rotatable bonds is 4. The van der Waals surface area contributed by atoms with Crippen LogP contribution in [0.5, 0.6) is 0 Å². The first-order valence-corrected chi connectivity index (χ1v) is 7.01. The van der Waals surface area contributed by atoms with Gasteiger partial charge < -0.3 is 14.3 Å². The van der Waals surface area contributed by atoms with Gasteiger partial charge in [-0.05, 0) is 35.9 Å². The number of hydrogen-bond donors (Lipinski definition) is 0. The van der Waals surface area contributed by atoms with Crippen LogP contribution in [0.25, 0.3) is 22.7 Å². The fourth-order valence-electron chi connectivity index (χ4n) is 2.11. The molecule has 0 aliphatic heterocycles. The van der Waals surface area contributed by atoms with Gasteiger partial charge in [-0.15, -0.1) is 0 Å². The normalized spacial score (nSPS) is 11.8. The van der Waals surface area contributed by atoms with Crippen molar-refractivity contribution in [1.82, 2.24) is 4.98 Å². The van der Waals surface area contributed by atoms with Crippen LogP contribution in [0.15, 0.2) is 52.9 Å². The average Bonchev–Trinajstić information content (AvgIpc) is 2.92. The molecule has 3 aromatic rings. The highest BCUT2D eigenvalue weighted by Gasteiger charge is 2.11. The first-order chi connectivity index (χ1) is 10.6. The summed E-state index contributed by atoms with van der Waals surface area (Å²) in [7, 11) is 0. The van der Waals surface area contributed by atoms with Gasteiger partial charge >= 0.3 is 0 Å². The Morgan fingerprint density at radius 3 is 2.59 bits per heavy atom. The molecule has 0 spiro atoms. The van der Waals surface area contributed by atoms with Crippen molar-refractivity contribution in [3.05, 3.63) is 65.0 Å². The number of carbonyl (C=O) groups excluding carboxylic acids is 1. The van der Waals surface area contributed by atoms with Crippen LogP contribution in [0.2, 0.25) is 5.02 Å². The fourth-order valence-corrected chi connectivity index (χ4v) is 2.24. The monoisotopic (exact) mass is 312 g/mol. The van der Waals surface area contributed by atoms with Crippen LogP contribution in [0.1, 0.15) is 17.9 Å². The predicted octanol–water partition coefficient (Wildman–Crippen LogP) is 3.16. The van der Waals surface area contributed by atoms with Crippen LogP contribution in [0.3, 0.4) is 0 Å². The Labute approximate surface area is 131 Å². The zero-order chi connectivity index (χ0) is 15.5. The summed E-state index contributed by atoms with van der Waals surface area (Å²) >= 11 is 5.85. The van der Waals surface area contributed by atoms with E-state index in [4.69, 9.17) is 16.0 Å². The Morgan fingerprint density at radius 2 is 1.91 bits per heavy atom. The molecule has 0 saturated carbocycles. The minimum atomic E-state index is -1.19. The second-order valence-electron chi connectivity index (χ2n) is 4.76. The van der Waals surface area contributed by atoms with E-state index in [0.29, 0.717) is 21.7 Å². The van der Waals surface area contributed by atoms with E-state index in [1.54, 1.807) is 42.5 Å². The Kier molecular flexibility index (Phi) is 3.94. The number of hydrogen-bond acceptors (Lipinski definition) is 4. The number of benzene rings is 2. The molecule has 5 heteroatoms. The lowest BCUT2D eigenvalue weighted by Gasteiger charge is -2.05. The minimum absolute atomic E-state index is 0.278. The molecule has 0 radical (unpaired) electrons. The maximum absolute atomic E-state index is 11.0. The second kappa shape index (κ2) is 6.03. The van der Waals surface area contributed by atoms with E-state index in [-0.39, 0.29) is 12.3 Å². The van der Waals surface area contributed by atoms with Crippen molar-refractivity contribution in [3.63, 3.8) is 0 Å². The Bertz CT molecular complexity index is 817. The van der Waals surface area contributed by atoms with E-state index in [2.05, 4.69) is 4.98 Å². The molecule has 1 heterocycles. The number of aromatic nitrogens is 1. The van der Waals surface area contributed by atoms with Crippen LogP contribution in [0.4, 0.5) is 0 Å². The number of halogens is 1. The lowest BCUT2D eigenvalue weighted by molar-refractivity contribution is -0.304. The van der Waals surface area contributed by atoms with Gasteiger partial charge in [0.2, 0.25) is 5.89 Å². The SMILES string of the molecule is O=C([O-])C/C(=C\c1ccc(Cl)cc1)c1nc2ccccc2o1. The lowest BCUT2D eigenvalue weighted by Crippen LogP contribution is -2.22. The van der Waals surface area contributed by atoms with Crippen molar-refractivity contribution >= 4 is 40.3 Å². The van der Waals surface area contributed by atoms with Crippen LogP contribution in [0, 0.1) is 0 Å². The summed E-state index contributed by atoms with van der Waals surface area (Å²) in [5, 5.41) is 11.6. The zero-order valence-corrected chi connectivity index (χ0v) is 12.2. The number of fused-ring (bicyclic) bond motifs is 1. The molecule has 0 aliphatic rings. The molecule has 2 aromatic carbocycles. The van der Waals surface area contributed by atoms with Gasteiger partial charge in [-0.25, -0.2) is 4.98 Å². The van der Waals surface area contributed by atoms with Crippen molar-refractivity contribution in [3.8, 4) is 0 Å². The second-order valence-corrected chi connectivity index (χ2v) is 5.19. The van der Waals surface area contributed by atoms with Crippen molar-refractivity contribution < 1.29 is 14.3 Å². The molecule has 4 nitrogen and oxygen atoms in total. The van der Waals surface area contributed by atoms with E-state index in [9.17, 15) is 9.90 Å². The molecule has 110 valence electrons. The maximum Gasteiger partial charge on any atom is 0.223 e. The lowest BCUT2D eigenvalue weighted by atomic mass is 10.1. The molecule has 0 N–H and O–H groups in total. The topological polar surface area (TPSA) is 66.2 Å². The van der Waals surface area contributed by atoms with E-state index >= 15 is 0 Å². The maximum atomic E-state index is 11.0. The van der Waals surface area contributed by atoms with Gasteiger partial charge in [-0.1, -0.05) is 35.9 Å². The summed E-state index contributed by atoms with van der Waals surface area (Å²) in [5.41, 5.74) is 2.54. The highest BCUT2D eigenvalue weighted by Crippen LogP contribution is 2.25. The quantitative estimate of drug-likeness (QED) is 0.742. The number of para-hydroxylation sites is 2. The predicted molar refractivity (Wildman–Crippen MR) is 83.0 cm³/mol. The number of carboxylic acids is 1. The van der Waals surface area contributed by atoms with Crippen molar-refractivity contribution in [2.45, 2.75) is 6.42 Å². The van der Waals surface area contributed by atoms with Crippen molar-refractivity contribution in [1.29, 1.82) is 0 Å². The largest absolute Gasteiger partial charge is 0.550 e. The first-order valence-electron chi connectivity index (χ1n) is 6.64. The average molecular weight is 313 g/mol. The zero-order valence-electron chi connectivity index (χ0n) is 11.5. The Hall–Kier alpha value is -2.59. The molecule has 0 fully saturated rings. The molecule has 1 aromatic heterocycles. The molecule has 22 heavy (non-hydrogen) atoms. The van der Waals surface area contributed by atoms with Gasteiger partial charge in [0.05, 0.1) is 0 Å². The molecule has 0 atom stereocenters. The van der Waals surface area contributed by atoms with Crippen molar-refractivity contribution in [2.24, 2.45) is 0 Å². The summed E-state index contributed by atoms with van der Waals surface area (Å²) < 4.78 is 5.63. The summed E-state index contributed by atoms with van der Waals surface area (Å²) in [4.78, 5) is 15.3. The van der Waals surface area contributed by atoms with E-state index in [1.807, 2.05) is 12.1 Å². The molecular weight excluding hydrogens is 302 g/mol. The number of carbonyl (C=O) groups is 1. The molecule has 0 saturated heterocycles. The highest BCUT2D eigenvalue weighted by molar-refractivity contribution is 6.30. The van der Waals surface area contributed by atoms with Gasteiger partial charge in [0, 0.05) is 23.0 Å². The van der Waals surface area contributed by atoms with E-state index in [1.165, 1.54) is 0 Å². The van der Waals surface area contributed by atoms with E-state index < -0.39 is 5.97 Å².